The van der Waals surface area contributed by atoms with E-state index in [2.05, 4.69) is 40.5 Å². The Hall–Kier alpha value is -4.61. The highest BCUT2D eigenvalue weighted by atomic mass is 32.5. The lowest BCUT2D eigenvalue weighted by molar-refractivity contribution is -0.118. The molecule has 2 amide bonds. The standard InChI is InChI=1S/C34H35F2N11O11P2S2/c1-16(2)29(48)44-34-43-28-23(31(50)45-34)41-15-47(28)33-25-20(35)18(55-33)11-54-60(62,52-10-6-9-37)58-24-19(12-53-59(51,61)57-25)56-32(21(24)36)46-14-40-22-26(38-13-39-27(22)46)42-30(49)17-7-4-3-5-8-17/h3-5,7-8,13-16,18-21,24-25,32-33H,6,10-12H2,1-2H3,(H,51,61)(H,38,39,42,49)(H2,43,44,45,48,50)/t18-,19-,20-,21+,24-,25+,32-,33-,59?,60?/m1/s1. The molecule has 4 N–H and O–H groups in total. The number of aromatic amines is 1. The number of imidazole rings is 2. The van der Waals surface area contributed by atoms with Crippen molar-refractivity contribution in [3.8, 4) is 6.07 Å². The van der Waals surface area contributed by atoms with Crippen LogP contribution in [-0.4, -0.2) is 112 Å². The van der Waals surface area contributed by atoms with Crippen LogP contribution in [0.4, 0.5) is 20.5 Å². The summed E-state index contributed by atoms with van der Waals surface area (Å²) >= 11 is 11.0. The first-order valence-corrected chi connectivity index (χ1v) is 23.8. The maximum Gasteiger partial charge on any atom is 0.327 e. The van der Waals surface area contributed by atoms with Crippen molar-refractivity contribution in [3.05, 3.63) is 65.2 Å². The summed E-state index contributed by atoms with van der Waals surface area (Å²) in [4.78, 5) is 73.2. The van der Waals surface area contributed by atoms with E-state index in [1.807, 2.05) is 6.07 Å². The zero-order valence-corrected chi connectivity index (χ0v) is 35.6. The third-order valence-electron chi connectivity index (χ3n) is 9.67. The van der Waals surface area contributed by atoms with E-state index in [9.17, 15) is 24.5 Å². The molecule has 0 saturated carbocycles. The smallest absolute Gasteiger partial charge is 0.327 e. The number of aromatic nitrogens is 8. The van der Waals surface area contributed by atoms with Gasteiger partial charge in [0.25, 0.3) is 11.5 Å². The number of ether oxygens (including phenoxy) is 2. The minimum absolute atomic E-state index is 0.0250. The molecule has 328 valence electrons. The lowest BCUT2D eigenvalue weighted by Crippen LogP contribution is -2.34. The molecule has 28 heteroatoms. The van der Waals surface area contributed by atoms with E-state index in [0.29, 0.717) is 5.56 Å². The number of hydrogen-bond acceptors (Lipinski definition) is 18. The summed E-state index contributed by atoms with van der Waals surface area (Å²) in [7, 11) is 0. The van der Waals surface area contributed by atoms with Gasteiger partial charge in [0, 0.05) is 11.5 Å². The largest absolute Gasteiger partial charge is 0.346 e. The van der Waals surface area contributed by atoms with Crippen LogP contribution in [-0.2, 0) is 60.5 Å². The van der Waals surface area contributed by atoms with Crippen LogP contribution in [0.2, 0.25) is 0 Å². The van der Waals surface area contributed by atoms with Gasteiger partial charge in [-0.3, -0.25) is 42.9 Å². The number of amides is 2. The van der Waals surface area contributed by atoms with Gasteiger partial charge in [0.05, 0.1) is 45.0 Å². The fraction of sp³-hybridized carbons (Fsp3) is 0.441. The summed E-state index contributed by atoms with van der Waals surface area (Å²) in [5.74, 6) is -1.63. The number of nitrogens with zero attached hydrogens (tertiary/aromatic N) is 8. The molecule has 7 heterocycles. The van der Waals surface area contributed by atoms with Crippen LogP contribution in [0.25, 0.3) is 22.3 Å². The average molecular weight is 938 g/mol. The highest BCUT2D eigenvalue weighted by Gasteiger charge is 2.54. The molecule has 3 saturated heterocycles. The minimum atomic E-state index is -4.50. The van der Waals surface area contributed by atoms with Gasteiger partial charge in [-0.2, -0.15) is 10.2 Å². The molecule has 8 rings (SSSR count). The molecular formula is C34H35F2N11O11P2S2. The Morgan fingerprint density at radius 3 is 2.42 bits per heavy atom. The Labute approximate surface area is 358 Å². The average Bonchev–Trinajstić information content (AvgIpc) is 4.01. The van der Waals surface area contributed by atoms with Gasteiger partial charge in [-0.25, -0.2) is 28.7 Å². The van der Waals surface area contributed by atoms with E-state index in [-0.39, 0.29) is 47.1 Å². The van der Waals surface area contributed by atoms with E-state index in [4.69, 9.17) is 55.7 Å². The number of alkyl halides is 2. The lowest BCUT2D eigenvalue weighted by atomic mass is 10.1. The van der Waals surface area contributed by atoms with Gasteiger partial charge in [-0.1, -0.05) is 32.0 Å². The molecule has 3 fully saturated rings. The first-order valence-electron chi connectivity index (χ1n) is 18.7. The fourth-order valence-corrected chi connectivity index (χ4v) is 10.1. The van der Waals surface area contributed by atoms with Crippen LogP contribution in [0, 0.1) is 17.2 Å². The van der Waals surface area contributed by atoms with Gasteiger partial charge in [0.1, 0.15) is 30.7 Å². The molecule has 3 aliphatic rings. The van der Waals surface area contributed by atoms with E-state index in [1.165, 1.54) is 10.9 Å². The second-order valence-electron chi connectivity index (χ2n) is 14.2. The van der Waals surface area contributed by atoms with Crippen LogP contribution in [0.1, 0.15) is 43.1 Å². The van der Waals surface area contributed by atoms with E-state index >= 15 is 8.78 Å². The summed E-state index contributed by atoms with van der Waals surface area (Å²) < 4.78 is 77.1. The normalized spacial score (nSPS) is 30.3. The SMILES string of the molecule is CC(C)C(=O)Nc1nc2c(ncn2[C@@H]2O[C@@H]3COP(=S)(OCCC#N)O[C@H]4[C@H](F)[C@H](n5cnc6c(NC(=O)c7ccccc7)ncnc65)O[C@@H]4COP(O)(=S)O[C@H]2[C@@H]3F)c(=O)[nH]1. The monoisotopic (exact) mass is 937 g/mol. The van der Waals surface area contributed by atoms with Gasteiger partial charge in [0.2, 0.25) is 11.9 Å². The molecular weight excluding hydrogens is 903 g/mol. The number of nitrogens with one attached hydrogen (secondary N) is 3. The van der Waals surface area contributed by atoms with Crippen molar-refractivity contribution in [2.24, 2.45) is 5.92 Å². The van der Waals surface area contributed by atoms with Crippen LogP contribution in [0.3, 0.4) is 0 Å². The zero-order chi connectivity index (χ0) is 43.9. The second kappa shape index (κ2) is 17.9. The Morgan fingerprint density at radius 1 is 0.968 bits per heavy atom. The van der Waals surface area contributed by atoms with Crippen molar-refractivity contribution in [2.45, 2.75) is 69.5 Å². The van der Waals surface area contributed by atoms with Crippen molar-refractivity contribution in [1.29, 1.82) is 5.26 Å². The fourth-order valence-electron chi connectivity index (χ4n) is 6.64. The number of anilines is 2. The molecule has 62 heavy (non-hydrogen) atoms. The molecule has 0 spiro atoms. The van der Waals surface area contributed by atoms with Gasteiger partial charge < -0.3 is 33.3 Å². The highest BCUT2D eigenvalue weighted by molar-refractivity contribution is 8.07. The first kappa shape index (κ1) is 44.0. The van der Waals surface area contributed by atoms with Crippen LogP contribution >= 0.6 is 13.4 Å². The maximum absolute atomic E-state index is 16.9. The van der Waals surface area contributed by atoms with Crippen molar-refractivity contribution in [1.82, 2.24) is 39.0 Å². The number of halogens is 2. The van der Waals surface area contributed by atoms with Crippen molar-refractivity contribution in [2.75, 3.05) is 30.5 Å². The van der Waals surface area contributed by atoms with Gasteiger partial charge in [-0.05, 0) is 35.7 Å². The molecule has 2 bridgehead atoms. The van der Waals surface area contributed by atoms with Crippen molar-refractivity contribution < 1.29 is 55.4 Å². The number of H-pyrrole nitrogens is 1. The van der Waals surface area contributed by atoms with E-state index in [0.717, 1.165) is 17.2 Å². The summed E-state index contributed by atoms with van der Waals surface area (Å²) in [5.41, 5.74) is -0.629. The second-order valence-corrected chi connectivity index (χ2v) is 19.9. The zero-order valence-electron chi connectivity index (χ0n) is 32.2. The van der Waals surface area contributed by atoms with Gasteiger partial charge in [0.15, 0.2) is 52.9 Å². The predicted molar refractivity (Wildman–Crippen MR) is 218 cm³/mol. The predicted octanol–water partition coefficient (Wildman–Crippen LogP) is 3.47. The highest BCUT2D eigenvalue weighted by Crippen LogP contribution is 2.57. The third kappa shape index (κ3) is 8.94. The van der Waals surface area contributed by atoms with Crippen molar-refractivity contribution >= 4 is 83.0 Å². The van der Waals surface area contributed by atoms with Crippen molar-refractivity contribution in [3.63, 3.8) is 0 Å². The Bertz CT molecular complexity index is 2710. The first-order chi connectivity index (χ1) is 29.6. The van der Waals surface area contributed by atoms with Gasteiger partial charge >= 0.3 is 13.4 Å². The molecule has 2 unspecified atom stereocenters. The summed E-state index contributed by atoms with van der Waals surface area (Å²) in [6.07, 6.45) is -10.5. The molecule has 10 atom stereocenters. The topological polar surface area (TPSA) is 274 Å². The number of benzene rings is 1. The number of hydrogen-bond donors (Lipinski definition) is 4. The number of fused-ring (bicyclic) bond motifs is 5. The van der Waals surface area contributed by atoms with Crippen LogP contribution in [0.15, 0.2) is 54.1 Å². The molecule has 22 nitrogen and oxygen atoms in total. The third-order valence-corrected chi connectivity index (χ3v) is 13.6. The van der Waals surface area contributed by atoms with E-state index < -0.39 is 99.2 Å². The molecule has 1 aromatic carbocycles. The van der Waals surface area contributed by atoms with Crippen LogP contribution in [0.5, 0.6) is 0 Å². The number of nitriles is 1. The summed E-state index contributed by atoms with van der Waals surface area (Å²) in [5, 5.41) is 14.4. The Balaban J connectivity index is 1.10. The maximum atomic E-state index is 16.9. The number of rotatable bonds is 9. The summed E-state index contributed by atoms with van der Waals surface area (Å²) in [6.45, 7) is -7.13. The molecule has 4 aromatic heterocycles. The molecule has 0 radical (unpaired) electrons. The minimum Gasteiger partial charge on any atom is -0.346 e. The molecule has 3 aliphatic heterocycles. The van der Waals surface area contributed by atoms with Gasteiger partial charge in [-0.15, -0.1) is 0 Å². The Kier molecular flexibility index (Phi) is 12.7. The van der Waals surface area contributed by atoms with Crippen LogP contribution < -0.4 is 16.2 Å². The number of carbonyl (C=O) groups excluding carboxylic acids is 2. The quantitative estimate of drug-likeness (QED) is 0.122. The number of carbonyl (C=O) groups is 2. The Morgan fingerprint density at radius 2 is 1.68 bits per heavy atom. The lowest BCUT2D eigenvalue weighted by Gasteiger charge is -2.29. The van der Waals surface area contributed by atoms with E-state index in [1.54, 1.807) is 44.2 Å². The summed E-state index contributed by atoms with van der Waals surface area (Å²) in [6, 6.07) is 10.2. The molecule has 5 aromatic rings. The molecule has 0 aliphatic carbocycles.